The molecular formula is C17H24BClFN3O4. The first kappa shape index (κ1) is 21.5. The molecule has 10 heteroatoms. The maximum Gasteiger partial charge on any atom is 0.475 e. The van der Waals surface area contributed by atoms with Crippen LogP contribution in [0.3, 0.4) is 0 Å². The number of nitrogens with one attached hydrogen (secondary N) is 2. The van der Waals surface area contributed by atoms with E-state index in [1.54, 1.807) is 4.90 Å². The summed E-state index contributed by atoms with van der Waals surface area (Å²) in [5, 5.41) is 23.9. The van der Waals surface area contributed by atoms with Crippen LogP contribution in [0.1, 0.15) is 26.7 Å². The van der Waals surface area contributed by atoms with Crippen LogP contribution in [-0.2, 0) is 9.59 Å². The number of carbonyl (C=O) groups is 2. The monoisotopic (exact) mass is 399 g/mol. The normalized spacial score (nSPS) is 17.3. The predicted molar refractivity (Wildman–Crippen MR) is 102 cm³/mol. The summed E-state index contributed by atoms with van der Waals surface area (Å²) in [6.45, 7) is 4.12. The fourth-order valence-corrected chi connectivity index (χ4v) is 3.24. The van der Waals surface area contributed by atoms with Gasteiger partial charge in [0.1, 0.15) is 11.9 Å². The van der Waals surface area contributed by atoms with Gasteiger partial charge < -0.3 is 25.6 Å². The fraction of sp³-hybridized carbons (Fsp3) is 0.529. The van der Waals surface area contributed by atoms with Gasteiger partial charge in [0.25, 0.3) is 0 Å². The lowest BCUT2D eigenvalue weighted by Gasteiger charge is -2.42. The summed E-state index contributed by atoms with van der Waals surface area (Å²) in [4.78, 5) is 26.1. The summed E-state index contributed by atoms with van der Waals surface area (Å²) in [6, 6.07) is 3.49. The van der Waals surface area contributed by atoms with Crippen LogP contribution in [0.5, 0.6) is 0 Å². The van der Waals surface area contributed by atoms with Gasteiger partial charge in [0.2, 0.25) is 11.8 Å². The summed E-state index contributed by atoms with van der Waals surface area (Å²) < 4.78 is 13.2. The second-order valence-corrected chi connectivity index (χ2v) is 7.44. The first-order valence-electron chi connectivity index (χ1n) is 8.84. The minimum absolute atomic E-state index is 0.163. The van der Waals surface area contributed by atoms with E-state index in [-0.39, 0.29) is 23.4 Å². The van der Waals surface area contributed by atoms with Gasteiger partial charge in [-0.1, -0.05) is 25.4 Å². The Morgan fingerprint density at radius 2 is 2.11 bits per heavy atom. The van der Waals surface area contributed by atoms with E-state index < -0.39 is 30.8 Å². The Hall–Kier alpha value is -1.84. The molecule has 27 heavy (non-hydrogen) atoms. The second kappa shape index (κ2) is 9.39. The lowest BCUT2D eigenvalue weighted by Crippen LogP contribution is -2.58. The fourth-order valence-electron chi connectivity index (χ4n) is 2.97. The minimum Gasteiger partial charge on any atom is -0.426 e. The van der Waals surface area contributed by atoms with E-state index in [0.717, 1.165) is 0 Å². The van der Waals surface area contributed by atoms with Gasteiger partial charge in [-0.25, -0.2) is 4.39 Å². The number of anilines is 1. The highest BCUT2D eigenvalue weighted by Gasteiger charge is 2.35. The number of halogens is 2. The molecule has 0 radical (unpaired) electrons. The van der Waals surface area contributed by atoms with Crippen molar-refractivity contribution in [2.24, 2.45) is 5.92 Å². The van der Waals surface area contributed by atoms with Gasteiger partial charge in [-0.15, -0.1) is 0 Å². The van der Waals surface area contributed by atoms with Crippen molar-refractivity contribution in [3.05, 3.63) is 29.0 Å². The van der Waals surface area contributed by atoms with Crippen molar-refractivity contribution < 1.29 is 24.0 Å². The topological polar surface area (TPSA) is 102 Å². The standard InChI is InChI=1S/C17H24BClFN3O4/c1-10(2)7-15(18(26)27)22-16(24)9-21-17(25)14-5-6-23(14)13-4-3-11(20)8-12(13)19/h3-4,8,10,14-15,26-27H,5-7,9H2,1-2H3,(H,21,25)(H,22,24)/t14-,15-/m0/s1. The van der Waals surface area contributed by atoms with Crippen LogP contribution in [0.2, 0.25) is 5.02 Å². The molecule has 0 unspecified atom stereocenters. The van der Waals surface area contributed by atoms with Gasteiger partial charge in [-0.05, 0) is 37.0 Å². The van der Waals surface area contributed by atoms with Crippen LogP contribution in [0, 0.1) is 11.7 Å². The minimum atomic E-state index is -1.67. The molecule has 0 bridgehead atoms. The highest BCUT2D eigenvalue weighted by atomic mass is 35.5. The molecule has 0 spiro atoms. The van der Waals surface area contributed by atoms with E-state index in [9.17, 15) is 24.0 Å². The molecule has 1 aromatic rings. The number of hydrogen-bond acceptors (Lipinski definition) is 5. The number of benzene rings is 1. The number of amides is 2. The molecule has 0 aromatic heterocycles. The van der Waals surface area contributed by atoms with Crippen molar-refractivity contribution in [3.8, 4) is 0 Å². The Morgan fingerprint density at radius 3 is 2.63 bits per heavy atom. The number of carbonyl (C=O) groups excluding carboxylic acids is 2. The van der Waals surface area contributed by atoms with E-state index in [2.05, 4.69) is 10.6 Å². The average Bonchev–Trinajstić information content (AvgIpc) is 2.53. The highest BCUT2D eigenvalue weighted by molar-refractivity contribution is 6.43. The maximum absolute atomic E-state index is 13.2. The summed E-state index contributed by atoms with van der Waals surface area (Å²) in [6.07, 6.45) is 0.989. The SMILES string of the molecule is CC(C)C[C@H](NC(=O)CNC(=O)[C@@H]1CCN1c1ccc(F)cc1Cl)B(O)O. The molecule has 0 aliphatic carbocycles. The zero-order chi connectivity index (χ0) is 20.1. The molecule has 7 nitrogen and oxygen atoms in total. The molecule has 0 saturated carbocycles. The Morgan fingerprint density at radius 1 is 1.41 bits per heavy atom. The lowest BCUT2D eigenvalue weighted by molar-refractivity contribution is -0.127. The van der Waals surface area contributed by atoms with Crippen molar-refractivity contribution >= 4 is 36.2 Å². The Kier molecular flexibility index (Phi) is 7.46. The van der Waals surface area contributed by atoms with Gasteiger partial charge >= 0.3 is 7.12 Å². The van der Waals surface area contributed by atoms with Crippen molar-refractivity contribution in [1.82, 2.24) is 10.6 Å². The number of hydrogen-bond donors (Lipinski definition) is 4. The summed E-state index contributed by atoms with van der Waals surface area (Å²) >= 11 is 6.04. The van der Waals surface area contributed by atoms with Gasteiger partial charge in [0.15, 0.2) is 0 Å². The van der Waals surface area contributed by atoms with Crippen LogP contribution in [0.15, 0.2) is 18.2 Å². The summed E-state index contributed by atoms with van der Waals surface area (Å²) in [7, 11) is -1.67. The maximum atomic E-state index is 13.2. The second-order valence-electron chi connectivity index (χ2n) is 7.03. The van der Waals surface area contributed by atoms with Gasteiger partial charge in [0.05, 0.1) is 23.2 Å². The summed E-state index contributed by atoms with van der Waals surface area (Å²) in [5.74, 6) is -1.94. The molecule has 4 N–H and O–H groups in total. The Labute approximate surface area is 163 Å². The van der Waals surface area contributed by atoms with E-state index in [1.165, 1.54) is 18.2 Å². The quantitative estimate of drug-likeness (QED) is 0.483. The molecule has 1 saturated heterocycles. The molecule has 2 amide bonds. The van der Waals surface area contributed by atoms with Crippen molar-refractivity contribution in [2.45, 2.75) is 38.7 Å². The third kappa shape index (κ3) is 5.82. The largest absolute Gasteiger partial charge is 0.475 e. The number of nitrogens with zero attached hydrogens (tertiary/aromatic N) is 1. The van der Waals surface area contributed by atoms with E-state index in [0.29, 0.717) is 25.1 Å². The first-order valence-corrected chi connectivity index (χ1v) is 9.21. The Bertz CT molecular complexity index is 692. The van der Waals surface area contributed by atoms with Gasteiger partial charge in [0, 0.05) is 6.54 Å². The zero-order valence-corrected chi connectivity index (χ0v) is 16.0. The zero-order valence-electron chi connectivity index (χ0n) is 15.3. The predicted octanol–water partition coefficient (Wildman–Crippen LogP) is 0.717. The van der Waals surface area contributed by atoms with Crippen molar-refractivity contribution in [3.63, 3.8) is 0 Å². The molecule has 1 aliphatic heterocycles. The van der Waals surface area contributed by atoms with Crippen molar-refractivity contribution in [1.29, 1.82) is 0 Å². The van der Waals surface area contributed by atoms with Crippen LogP contribution in [0.4, 0.5) is 10.1 Å². The van der Waals surface area contributed by atoms with E-state index >= 15 is 0 Å². The smallest absolute Gasteiger partial charge is 0.426 e. The third-order valence-electron chi connectivity index (χ3n) is 4.40. The van der Waals surface area contributed by atoms with E-state index in [1.807, 2.05) is 13.8 Å². The van der Waals surface area contributed by atoms with E-state index in [4.69, 9.17) is 11.6 Å². The molecule has 1 aromatic carbocycles. The Balaban J connectivity index is 1.87. The highest BCUT2D eigenvalue weighted by Crippen LogP contribution is 2.33. The molecule has 1 fully saturated rings. The van der Waals surface area contributed by atoms with Crippen molar-refractivity contribution in [2.75, 3.05) is 18.0 Å². The van der Waals surface area contributed by atoms with Gasteiger partial charge in [-0.2, -0.15) is 0 Å². The molecule has 2 rings (SSSR count). The first-order chi connectivity index (χ1) is 12.7. The molecule has 1 aliphatic rings. The van der Waals surface area contributed by atoms with Crippen LogP contribution < -0.4 is 15.5 Å². The van der Waals surface area contributed by atoms with Crippen LogP contribution in [-0.4, -0.2) is 54.1 Å². The number of rotatable bonds is 8. The average molecular weight is 400 g/mol. The van der Waals surface area contributed by atoms with Crippen LogP contribution in [0.25, 0.3) is 0 Å². The van der Waals surface area contributed by atoms with Crippen LogP contribution >= 0.6 is 11.6 Å². The molecule has 1 heterocycles. The molecule has 148 valence electrons. The molecule has 2 atom stereocenters. The molecular weight excluding hydrogens is 375 g/mol. The van der Waals surface area contributed by atoms with Gasteiger partial charge in [-0.3, -0.25) is 9.59 Å². The lowest BCUT2D eigenvalue weighted by atomic mass is 9.75. The summed E-state index contributed by atoms with van der Waals surface area (Å²) in [5.41, 5.74) is 0.564. The third-order valence-corrected chi connectivity index (χ3v) is 4.70.